The van der Waals surface area contributed by atoms with Crippen LogP contribution >= 0.6 is 23.2 Å². The summed E-state index contributed by atoms with van der Waals surface area (Å²) in [5, 5.41) is -0.383. The van der Waals surface area contributed by atoms with Crippen LogP contribution in [0.1, 0.15) is 29.3 Å². The molecule has 0 fully saturated rings. The molecule has 0 saturated carbocycles. The lowest BCUT2D eigenvalue weighted by Gasteiger charge is -2.20. The first kappa shape index (κ1) is 14.3. The summed E-state index contributed by atoms with van der Waals surface area (Å²) in [6.45, 7) is 1.92. The summed E-state index contributed by atoms with van der Waals surface area (Å²) in [5.74, 6) is -1.97. The highest BCUT2D eigenvalue weighted by Gasteiger charge is 2.22. The van der Waals surface area contributed by atoms with Gasteiger partial charge >= 0.3 is 0 Å². The quantitative estimate of drug-likeness (QED) is 0.504. The zero-order valence-corrected chi connectivity index (χ0v) is 11.7. The first-order valence-electron chi connectivity index (χ1n) is 5.84. The van der Waals surface area contributed by atoms with Gasteiger partial charge in [0.15, 0.2) is 11.6 Å². The van der Waals surface area contributed by atoms with E-state index in [9.17, 15) is 8.78 Å². The molecule has 0 heterocycles. The maximum Gasteiger partial charge on any atom is 0.160 e. The molecule has 0 saturated heterocycles. The van der Waals surface area contributed by atoms with E-state index in [0.29, 0.717) is 5.56 Å². The fourth-order valence-corrected chi connectivity index (χ4v) is 2.59. The van der Waals surface area contributed by atoms with Crippen molar-refractivity contribution in [2.24, 2.45) is 0 Å². The molecule has 2 rings (SSSR count). The Morgan fingerprint density at radius 2 is 1.58 bits per heavy atom. The van der Waals surface area contributed by atoms with Crippen LogP contribution in [0.4, 0.5) is 8.78 Å². The van der Waals surface area contributed by atoms with Crippen LogP contribution in [0, 0.1) is 11.6 Å². The monoisotopic (exact) mass is 300 g/mol. The standard InChI is InChI=1S/C15H12Cl2F2/c1-9(10-5-3-2-4-6-10)15(17)11-7-13(18)14(19)8-12(11)16/h2-9,15H,1H3. The van der Waals surface area contributed by atoms with Crippen molar-refractivity contribution < 1.29 is 8.78 Å². The lowest BCUT2D eigenvalue weighted by Crippen LogP contribution is -2.04. The average molecular weight is 301 g/mol. The van der Waals surface area contributed by atoms with Gasteiger partial charge in [-0.05, 0) is 23.3 Å². The molecule has 0 aliphatic rings. The summed E-state index contributed by atoms with van der Waals surface area (Å²) in [6, 6.07) is 11.6. The van der Waals surface area contributed by atoms with Gasteiger partial charge in [0.2, 0.25) is 0 Å². The van der Waals surface area contributed by atoms with Crippen molar-refractivity contribution >= 4 is 23.2 Å². The highest BCUT2D eigenvalue weighted by Crippen LogP contribution is 2.39. The fourth-order valence-electron chi connectivity index (χ4n) is 1.94. The molecule has 0 bridgehead atoms. The Bertz CT molecular complexity index is 570. The average Bonchev–Trinajstić information content (AvgIpc) is 2.42. The first-order chi connectivity index (χ1) is 9.00. The molecule has 0 N–H and O–H groups in total. The topological polar surface area (TPSA) is 0 Å². The Labute approximate surface area is 121 Å². The second-order valence-electron chi connectivity index (χ2n) is 4.39. The molecule has 0 aromatic heterocycles. The van der Waals surface area contributed by atoms with Crippen molar-refractivity contribution in [2.45, 2.75) is 18.2 Å². The number of benzene rings is 2. The number of halogens is 4. The van der Waals surface area contributed by atoms with Gasteiger partial charge < -0.3 is 0 Å². The van der Waals surface area contributed by atoms with Crippen LogP contribution in [-0.2, 0) is 0 Å². The molecule has 0 spiro atoms. The molecule has 0 aliphatic carbocycles. The zero-order chi connectivity index (χ0) is 14.0. The van der Waals surface area contributed by atoms with E-state index >= 15 is 0 Å². The third-order valence-electron chi connectivity index (χ3n) is 3.10. The van der Waals surface area contributed by atoms with Gasteiger partial charge in [0.25, 0.3) is 0 Å². The third kappa shape index (κ3) is 3.07. The maximum atomic E-state index is 13.3. The Morgan fingerprint density at radius 3 is 2.21 bits per heavy atom. The minimum atomic E-state index is -0.968. The maximum absolute atomic E-state index is 13.3. The van der Waals surface area contributed by atoms with Crippen molar-refractivity contribution in [1.82, 2.24) is 0 Å². The number of hydrogen-bond acceptors (Lipinski definition) is 0. The summed E-state index contributed by atoms with van der Waals surface area (Å²) < 4.78 is 26.3. The predicted octanol–water partition coefficient (Wildman–Crippen LogP) is 5.70. The number of hydrogen-bond donors (Lipinski definition) is 0. The zero-order valence-electron chi connectivity index (χ0n) is 10.2. The summed E-state index contributed by atoms with van der Waals surface area (Å²) in [6.07, 6.45) is 0. The smallest absolute Gasteiger partial charge is 0.160 e. The SMILES string of the molecule is CC(c1ccccc1)C(Cl)c1cc(F)c(F)cc1Cl. The molecule has 100 valence electrons. The lowest BCUT2D eigenvalue weighted by atomic mass is 9.93. The predicted molar refractivity (Wildman–Crippen MR) is 74.8 cm³/mol. The largest absolute Gasteiger partial charge is 0.204 e. The van der Waals surface area contributed by atoms with Gasteiger partial charge in [0, 0.05) is 10.9 Å². The second kappa shape index (κ2) is 5.89. The molecule has 0 amide bonds. The highest BCUT2D eigenvalue weighted by molar-refractivity contribution is 6.32. The summed E-state index contributed by atoms with van der Waals surface area (Å²) in [5.41, 5.74) is 1.42. The van der Waals surface area contributed by atoms with Crippen molar-refractivity contribution in [3.8, 4) is 0 Å². The van der Waals surface area contributed by atoms with E-state index in [4.69, 9.17) is 23.2 Å². The second-order valence-corrected chi connectivity index (χ2v) is 5.27. The van der Waals surface area contributed by atoms with Gasteiger partial charge in [0.1, 0.15) is 0 Å². The van der Waals surface area contributed by atoms with E-state index in [1.54, 1.807) is 0 Å². The Balaban J connectivity index is 2.34. The number of alkyl halides is 1. The Hall–Kier alpha value is -1.12. The van der Waals surface area contributed by atoms with Crippen LogP contribution in [0.3, 0.4) is 0 Å². The van der Waals surface area contributed by atoms with Gasteiger partial charge in [-0.15, -0.1) is 11.6 Å². The third-order valence-corrected chi connectivity index (χ3v) is 4.04. The summed E-state index contributed by atoms with van der Waals surface area (Å²) in [7, 11) is 0. The van der Waals surface area contributed by atoms with Gasteiger partial charge in [-0.2, -0.15) is 0 Å². The normalized spacial score (nSPS) is 14.2. The fraction of sp³-hybridized carbons (Fsp3) is 0.200. The van der Waals surface area contributed by atoms with Crippen LogP contribution < -0.4 is 0 Å². The van der Waals surface area contributed by atoms with Crippen LogP contribution in [0.15, 0.2) is 42.5 Å². The van der Waals surface area contributed by atoms with Gasteiger partial charge in [0.05, 0.1) is 5.38 Å². The molecular weight excluding hydrogens is 289 g/mol. The summed E-state index contributed by atoms with van der Waals surface area (Å²) >= 11 is 12.3. The highest BCUT2D eigenvalue weighted by atomic mass is 35.5. The van der Waals surface area contributed by atoms with E-state index in [1.807, 2.05) is 37.3 Å². The first-order valence-corrected chi connectivity index (χ1v) is 6.65. The van der Waals surface area contributed by atoms with Crippen molar-refractivity contribution in [3.05, 3.63) is 70.2 Å². The van der Waals surface area contributed by atoms with Gasteiger partial charge in [-0.3, -0.25) is 0 Å². The van der Waals surface area contributed by atoms with Crippen LogP contribution in [0.5, 0.6) is 0 Å². The van der Waals surface area contributed by atoms with Crippen molar-refractivity contribution in [1.29, 1.82) is 0 Å². The van der Waals surface area contributed by atoms with Crippen molar-refractivity contribution in [2.75, 3.05) is 0 Å². The van der Waals surface area contributed by atoms with Crippen molar-refractivity contribution in [3.63, 3.8) is 0 Å². The Kier molecular flexibility index (Phi) is 4.43. The number of rotatable bonds is 3. The minimum Gasteiger partial charge on any atom is -0.204 e. The summed E-state index contributed by atoms with van der Waals surface area (Å²) in [4.78, 5) is 0. The molecular formula is C15H12Cl2F2. The van der Waals surface area contributed by atoms with Crippen LogP contribution in [0.2, 0.25) is 5.02 Å². The molecule has 2 aromatic rings. The minimum absolute atomic E-state index is 0.0646. The van der Waals surface area contributed by atoms with E-state index in [0.717, 1.165) is 17.7 Å². The Morgan fingerprint density at radius 1 is 1.00 bits per heavy atom. The van der Waals surface area contributed by atoms with E-state index in [1.165, 1.54) is 0 Å². The van der Waals surface area contributed by atoms with E-state index in [-0.39, 0.29) is 10.9 Å². The molecule has 4 heteroatoms. The lowest BCUT2D eigenvalue weighted by molar-refractivity contribution is 0.506. The van der Waals surface area contributed by atoms with E-state index < -0.39 is 17.0 Å². The van der Waals surface area contributed by atoms with Crippen LogP contribution in [-0.4, -0.2) is 0 Å². The van der Waals surface area contributed by atoms with Gasteiger partial charge in [-0.1, -0.05) is 48.9 Å². The molecule has 19 heavy (non-hydrogen) atoms. The van der Waals surface area contributed by atoms with Crippen LogP contribution in [0.25, 0.3) is 0 Å². The molecule has 2 aromatic carbocycles. The van der Waals surface area contributed by atoms with Gasteiger partial charge in [-0.25, -0.2) is 8.78 Å². The van der Waals surface area contributed by atoms with E-state index in [2.05, 4.69) is 0 Å². The molecule has 2 atom stereocenters. The molecule has 0 nitrogen and oxygen atoms in total. The molecule has 0 radical (unpaired) electrons. The molecule has 2 unspecified atom stereocenters. The molecule has 0 aliphatic heterocycles.